The van der Waals surface area contributed by atoms with Crippen molar-refractivity contribution in [3.05, 3.63) is 52.9 Å². The highest BCUT2D eigenvalue weighted by atomic mass is 32.2. The molecule has 0 spiro atoms. The molecule has 1 amide bonds. The molecular weight excluding hydrogens is 436 g/mol. The van der Waals surface area contributed by atoms with Gasteiger partial charge in [0, 0.05) is 24.0 Å². The van der Waals surface area contributed by atoms with Crippen LogP contribution in [0.4, 0.5) is 0 Å². The Labute approximate surface area is 185 Å². The zero-order valence-electron chi connectivity index (χ0n) is 17.4. The van der Waals surface area contributed by atoms with Crippen LogP contribution in [0.2, 0.25) is 0 Å². The molecule has 3 aromatic rings. The Hall–Kier alpha value is -2.56. The summed E-state index contributed by atoms with van der Waals surface area (Å²) >= 11 is 1.53. The molecule has 0 saturated carbocycles. The maximum atomic E-state index is 13.1. The number of nitrogens with one attached hydrogen (secondary N) is 1. The number of piperidine rings is 1. The number of thiazole rings is 1. The fourth-order valence-corrected chi connectivity index (χ4v) is 6.41. The molecule has 1 aliphatic rings. The van der Waals surface area contributed by atoms with Crippen molar-refractivity contribution in [2.45, 2.75) is 38.1 Å². The van der Waals surface area contributed by atoms with Gasteiger partial charge in [0.05, 0.1) is 18.2 Å². The standard InChI is InChI=1S/C21H24N4O4S2/c1-14-19(15(2)29-24-14)31(27,28)25-10-6-9-17(12-25)20(26)22-11-18-13-30-21(23-18)16-7-4-3-5-8-16/h3-5,7-8,13,17H,6,9-12H2,1-2H3,(H,22,26). The monoisotopic (exact) mass is 460 g/mol. The van der Waals surface area contributed by atoms with Crippen LogP contribution in [0.3, 0.4) is 0 Å². The average molecular weight is 461 g/mol. The first-order valence-corrected chi connectivity index (χ1v) is 12.4. The summed E-state index contributed by atoms with van der Waals surface area (Å²) in [5.41, 5.74) is 2.16. The number of amides is 1. The Bertz CT molecular complexity index is 1150. The van der Waals surface area contributed by atoms with Gasteiger partial charge in [-0.15, -0.1) is 11.3 Å². The molecule has 4 rings (SSSR count). The second-order valence-corrected chi connectivity index (χ2v) is 10.3. The molecular formula is C21H24N4O4S2. The van der Waals surface area contributed by atoms with Crippen molar-refractivity contribution >= 4 is 27.3 Å². The summed E-state index contributed by atoms with van der Waals surface area (Å²) in [5.74, 6) is -0.300. The van der Waals surface area contributed by atoms with Gasteiger partial charge in [0.25, 0.3) is 0 Å². The lowest BCUT2D eigenvalue weighted by Crippen LogP contribution is -2.45. The second-order valence-electron chi connectivity index (χ2n) is 7.58. The third-order valence-corrected chi connectivity index (χ3v) is 8.39. The zero-order valence-corrected chi connectivity index (χ0v) is 19.0. The molecule has 0 aliphatic carbocycles. The van der Waals surface area contributed by atoms with Gasteiger partial charge in [-0.05, 0) is 26.7 Å². The van der Waals surface area contributed by atoms with E-state index in [2.05, 4.69) is 15.5 Å². The number of aromatic nitrogens is 2. The molecule has 1 fully saturated rings. The van der Waals surface area contributed by atoms with E-state index in [1.54, 1.807) is 13.8 Å². The van der Waals surface area contributed by atoms with E-state index in [1.807, 2.05) is 35.7 Å². The highest BCUT2D eigenvalue weighted by Crippen LogP contribution is 2.28. The van der Waals surface area contributed by atoms with E-state index in [1.165, 1.54) is 15.6 Å². The van der Waals surface area contributed by atoms with Crippen LogP contribution in [0, 0.1) is 19.8 Å². The van der Waals surface area contributed by atoms with Crippen molar-refractivity contribution in [3.8, 4) is 10.6 Å². The Morgan fingerprint density at radius 1 is 1.29 bits per heavy atom. The quantitative estimate of drug-likeness (QED) is 0.606. The Morgan fingerprint density at radius 3 is 2.77 bits per heavy atom. The van der Waals surface area contributed by atoms with Crippen LogP contribution in [0.5, 0.6) is 0 Å². The van der Waals surface area contributed by atoms with Crippen LogP contribution in [-0.4, -0.2) is 41.9 Å². The van der Waals surface area contributed by atoms with Gasteiger partial charge in [-0.3, -0.25) is 4.79 Å². The average Bonchev–Trinajstić information content (AvgIpc) is 3.39. The molecule has 1 N–H and O–H groups in total. The van der Waals surface area contributed by atoms with Crippen molar-refractivity contribution in [2.24, 2.45) is 5.92 Å². The van der Waals surface area contributed by atoms with E-state index in [9.17, 15) is 13.2 Å². The smallest absolute Gasteiger partial charge is 0.248 e. The van der Waals surface area contributed by atoms with Crippen molar-refractivity contribution < 1.29 is 17.7 Å². The molecule has 1 aromatic carbocycles. The van der Waals surface area contributed by atoms with Crippen LogP contribution >= 0.6 is 11.3 Å². The van der Waals surface area contributed by atoms with Crippen molar-refractivity contribution in [2.75, 3.05) is 13.1 Å². The second kappa shape index (κ2) is 8.89. The predicted molar refractivity (Wildman–Crippen MR) is 117 cm³/mol. The molecule has 1 saturated heterocycles. The molecule has 3 heterocycles. The summed E-state index contributed by atoms with van der Waals surface area (Å²) < 4.78 is 32.5. The van der Waals surface area contributed by atoms with Crippen LogP contribution in [0.15, 0.2) is 45.1 Å². The lowest BCUT2D eigenvalue weighted by molar-refractivity contribution is -0.126. The van der Waals surface area contributed by atoms with Gasteiger partial charge < -0.3 is 9.84 Å². The number of rotatable bonds is 6. The van der Waals surface area contributed by atoms with Gasteiger partial charge in [-0.2, -0.15) is 4.31 Å². The summed E-state index contributed by atoms with van der Waals surface area (Å²) in [4.78, 5) is 17.4. The van der Waals surface area contributed by atoms with Gasteiger partial charge >= 0.3 is 0 Å². The molecule has 8 nitrogen and oxygen atoms in total. The first-order valence-electron chi connectivity index (χ1n) is 10.1. The number of aryl methyl sites for hydroxylation is 2. The van der Waals surface area contributed by atoms with Gasteiger partial charge in [0.2, 0.25) is 15.9 Å². The molecule has 1 atom stereocenters. The minimum absolute atomic E-state index is 0.101. The highest BCUT2D eigenvalue weighted by Gasteiger charge is 2.36. The van der Waals surface area contributed by atoms with E-state index < -0.39 is 15.9 Å². The van der Waals surface area contributed by atoms with Crippen LogP contribution in [0.25, 0.3) is 10.6 Å². The molecule has 31 heavy (non-hydrogen) atoms. The van der Waals surface area contributed by atoms with Gasteiger partial charge in [-0.1, -0.05) is 35.5 Å². The Kier molecular flexibility index (Phi) is 6.22. The van der Waals surface area contributed by atoms with Crippen LogP contribution in [0.1, 0.15) is 30.0 Å². The van der Waals surface area contributed by atoms with Crippen molar-refractivity contribution in [3.63, 3.8) is 0 Å². The number of sulfonamides is 1. The van der Waals surface area contributed by atoms with E-state index in [4.69, 9.17) is 4.52 Å². The van der Waals surface area contributed by atoms with Crippen molar-refractivity contribution in [1.29, 1.82) is 0 Å². The molecule has 10 heteroatoms. The minimum Gasteiger partial charge on any atom is -0.360 e. The zero-order chi connectivity index (χ0) is 22.0. The number of benzene rings is 1. The Morgan fingerprint density at radius 2 is 2.06 bits per heavy atom. The van der Waals surface area contributed by atoms with E-state index in [0.717, 1.165) is 16.3 Å². The summed E-state index contributed by atoms with van der Waals surface area (Å²) in [6.07, 6.45) is 1.27. The predicted octanol–water partition coefficient (Wildman–Crippen LogP) is 3.13. The third-order valence-electron chi connectivity index (χ3n) is 5.34. The SMILES string of the molecule is Cc1noc(C)c1S(=O)(=O)N1CCCC(C(=O)NCc2csc(-c3ccccc3)n2)C1. The largest absolute Gasteiger partial charge is 0.360 e. The van der Waals surface area contributed by atoms with Crippen LogP contribution < -0.4 is 5.32 Å². The summed E-state index contributed by atoms with van der Waals surface area (Å²) in [6.45, 7) is 4.02. The highest BCUT2D eigenvalue weighted by molar-refractivity contribution is 7.89. The lowest BCUT2D eigenvalue weighted by atomic mass is 9.99. The van der Waals surface area contributed by atoms with E-state index in [-0.39, 0.29) is 23.1 Å². The first-order chi connectivity index (χ1) is 14.9. The summed E-state index contributed by atoms with van der Waals surface area (Å²) in [7, 11) is -3.75. The minimum atomic E-state index is -3.75. The fourth-order valence-electron chi connectivity index (χ4n) is 3.77. The van der Waals surface area contributed by atoms with Gasteiger partial charge in [0.15, 0.2) is 5.76 Å². The molecule has 1 aliphatic heterocycles. The molecule has 0 radical (unpaired) electrons. The number of hydrogen-bond donors (Lipinski definition) is 1. The molecule has 1 unspecified atom stereocenters. The Balaban J connectivity index is 1.39. The van der Waals surface area contributed by atoms with Crippen LogP contribution in [-0.2, 0) is 21.4 Å². The van der Waals surface area contributed by atoms with E-state index in [0.29, 0.717) is 31.6 Å². The topological polar surface area (TPSA) is 105 Å². The first kappa shape index (κ1) is 21.7. The van der Waals surface area contributed by atoms with E-state index >= 15 is 0 Å². The maximum absolute atomic E-state index is 13.1. The molecule has 164 valence electrons. The number of nitrogens with zero attached hydrogens (tertiary/aromatic N) is 3. The number of carbonyl (C=O) groups excluding carboxylic acids is 1. The lowest BCUT2D eigenvalue weighted by Gasteiger charge is -2.31. The summed E-state index contributed by atoms with van der Waals surface area (Å²) in [6, 6.07) is 9.87. The number of carbonyl (C=O) groups is 1. The molecule has 2 aromatic heterocycles. The maximum Gasteiger partial charge on any atom is 0.248 e. The normalized spacial score (nSPS) is 17.5. The number of hydrogen-bond acceptors (Lipinski definition) is 7. The molecule has 0 bridgehead atoms. The fraction of sp³-hybridized carbons (Fsp3) is 0.381. The van der Waals surface area contributed by atoms with Crippen molar-refractivity contribution in [1.82, 2.24) is 19.8 Å². The third kappa shape index (κ3) is 4.56. The van der Waals surface area contributed by atoms with Gasteiger partial charge in [0.1, 0.15) is 15.6 Å². The van der Waals surface area contributed by atoms with Gasteiger partial charge in [-0.25, -0.2) is 13.4 Å². The summed E-state index contributed by atoms with van der Waals surface area (Å²) in [5, 5.41) is 9.50.